The number of hydrazone groups is 1. The molecule has 0 fully saturated rings. The van der Waals surface area contributed by atoms with Gasteiger partial charge in [0, 0.05) is 5.56 Å². The number of hydrogen-bond acceptors (Lipinski definition) is 3. The molecule has 22 heavy (non-hydrogen) atoms. The Morgan fingerprint density at radius 3 is 2.32 bits per heavy atom. The summed E-state index contributed by atoms with van der Waals surface area (Å²) >= 11 is 0. The lowest BCUT2D eigenvalue weighted by molar-refractivity contribution is 0.0955. The van der Waals surface area contributed by atoms with Crippen LogP contribution in [0.5, 0.6) is 0 Å². The largest absolute Gasteiger partial charge is 0.463 e. The van der Waals surface area contributed by atoms with Crippen LogP contribution in [0.3, 0.4) is 0 Å². The third kappa shape index (κ3) is 3.30. The van der Waals surface area contributed by atoms with Gasteiger partial charge in [-0.3, -0.25) is 4.79 Å². The number of nitrogens with one attached hydrogen (secondary N) is 1. The molecule has 0 unspecified atom stereocenters. The summed E-state index contributed by atoms with van der Waals surface area (Å²) in [6, 6.07) is 20.9. The van der Waals surface area contributed by atoms with Gasteiger partial charge < -0.3 is 4.42 Å². The maximum atomic E-state index is 12.0. The minimum atomic E-state index is -0.262. The first-order valence-electron chi connectivity index (χ1n) is 6.85. The van der Waals surface area contributed by atoms with Gasteiger partial charge in [-0.1, -0.05) is 42.5 Å². The Hall–Kier alpha value is -3.14. The number of benzene rings is 2. The molecule has 1 heterocycles. The molecule has 4 heteroatoms. The summed E-state index contributed by atoms with van der Waals surface area (Å²) in [7, 11) is 0. The summed E-state index contributed by atoms with van der Waals surface area (Å²) in [5.74, 6) is 0.321. The summed E-state index contributed by atoms with van der Waals surface area (Å²) in [5, 5.41) is 3.85. The average molecular weight is 290 g/mol. The van der Waals surface area contributed by atoms with Crippen molar-refractivity contribution >= 4 is 12.1 Å². The van der Waals surface area contributed by atoms with E-state index in [1.807, 2.05) is 42.5 Å². The third-order valence-electron chi connectivity index (χ3n) is 3.16. The lowest BCUT2D eigenvalue weighted by Crippen LogP contribution is -2.17. The summed E-state index contributed by atoms with van der Waals surface area (Å²) in [6.45, 7) is 0. The highest BCUT2D eigenvalue weighted by Gasteiger charge is 2.04. The van der Waals surface area contributed by atoms with Crippen LogP contribution in [0, 0.1) is 0 Å². The number of hydrogen-bond donors (Lipinski definition) is 1. The van der Waals surface area contributed by atoms with E-state index in [0.29, 0.717) is 11.3 Å². The van der Waals surface area contributed by atoms with Crippen LogP contribution in [0.15, 0.2) is 82.5 Å². The second-order valence-corrected chi connectivity index (χ2v) is 4.66. The molecule has 1 aromatic heterocycles. The average Bonchev–Trinajstić information content (AvgIpc) is 3.09. The Morgan fingerprint density at radius 2 is 1.64 bits per heavy atom. The van der Waals surface area contributed by atoms with Crippen molar-refractivity contribution < 1.29 is 9.21 Å². The standard InChI is InChI=1S/C18H14N2O2/c21-18(20-19-13-17-7-4-12-22-17)16-10-8-15(9-11-16)14-5-2-1-3-6-14/h1-13H,(H,20,21). The quantitative estimate of drug-likeness (QED) is 0.588. The fraction of sp³-hybridized carbons (Fsp3) is 0. The van der Waals surface area contributed by atoms with Crippen LogP contribution in [0.2, 0.25) is 0 Å². The van der Waals surface area contributed by atoms with Crippen LogP contribution in [-0.2, 0) is 0 Å². The maximum Gasteiger partial charge on any atom is 0.271 e. The van der Waals surface area contributed by atoms with Crippen LogP contribution < -0.4 is 5.43 Å². The molecule has 2 aromatic carbocycles. The van der Waals surface area contributed by atoms with Crippen LogP contribution in [0.25, 0.3) is 11.1 Å². The van der Waals surface area contributed by atoms with Gasteiger partial charge in [0.1, 0.15) is 5.76 Å². The highest BCUT2D eigenvalue weighted by molar-refractivity contribution is 5.95. The molecular formula is C18H14N2O2. The smallest absolute Gasteiger partial charge is 0.271 e. The van der Waals surface area contributed by atoms with E-state index in [4.69, 9.17) is 4.42 Å². The zero-order valence-electron chi connectivity index (χ0n) is 11.8. The van der Waals surface area contributed by atoms with E-state index in [1.165, 1.54) is 6.21 Å². The van der Waals surface area contributed by atoms with Crippen molar-refractivity contribution in [3.05, 3.63) is 84.3 Å². The van der Waals surface area contributed by atoms with Gasteiger partial charge in [0.25, 0.3) is 5.91 Å². The Bertz CT molecular complexity index is 761. The van der Waals surface area contributed by atoms with Gasteiger partial charge in [-0.2, -0.15) is 5.10 Å². The van der Waals surface area contributed by atoms with E-state index in [9.17, 15) is 4.79 Å². The molecule has 108 valence electrons. The molecule has 1 N–H and O–H groups in total. The molecule has 0 saturated carbocycles. The molecule has 3 aromatic rings. The van der Waals surface area contributed by atoms with Crippen molar-refractivity contribution in [2.24, 2.45) is 5.10 Å². The molecule has 4 nitrogen and oxygen atoms in total. The molecule has 0 saturated heterocycles. The molecular weight excluding hydrogens is 276 g/mol. The van der Waals surface area contributed by atoms with Crippen LogP contribution >= 0.6 is 0 Å². The lowest BCUT2D eigenvalue weighted by atomic mass is 10.0. The number of rotatable bonds is 4. The van der Waals surface area contributed by atoms with Gasteiger partial charge in [0.2, 0.25) is 0 Å². The number of carbonyl (C=O) groups is 1. The predicted molar refractivity (Wildman–Crippen MR) is 85.6 cm³/mol. The number of carbonyl (C=O) groups excluding carboxylic acids is 1. The molecule has 1 amide bonds. The minimum absolute atomic E-state index is 0.262. The number of amides is 1. The fourth-order valence-corrected chi connectivity index (χ4v) is 2.03. The van der Waals surface area contributed by atoms with E-state index in [-0.39, 0.29) is 5.91 Å². The van der Waals surface area contributed by atoms with Crippen molar-refractivity contribution in [1.82, 2.24) is 5.43 Å². The van der Waals surface area contributed by atoms with Crippen molar-refractivity contribution in [2.45, 2.75) is 0 Å². The summed E-state index contributed by atoms with van der Waals surface area (Å²) in [6.07, 6.45) is 3.00. The second kappa shape index (κ2) is 6.54. The van der Waals surface area contributed by atoms with Gasteiger partial charge in [0.05, 0.1) is 12.5 Å². The van der Waals surface area contributed by atoms with E-state index in [1.54, 1.807) is 30.5 Å². The topological polar surface area (TPSA) is 54.6 Å². The molecule has 0 aliphatic heterocycles. The van der Waals surface area contributed by atoms with Crippen LogP contribution in [0.4, 0.5) is 0 Å². The second-order valence-electron chi connectivity index (χ2n) is 4.66. The molecule has 0 bridgehead atoms. The SMILES string of the molecule is O=C(NN=Cc1ccco1)c1ccc(-c2ccccc2)cc1. The molecule has 0 radical (unpaired) electrons. The fourth-order valence-electron chi connectivity index (χ4n) is 2.03. The normalized spacial score (nSPS) is 10.7. The zero-order valence-corrected chi connectivity index (χ0v) is 11.8. The highest BCUT2D eigenvalue weighted by Crippen LogP contribution is 2.19. The van der Waals surface area contributed by atoms with Gasteiger partial charge >= 0.3 is 0 Å². The predicted octanol–water partition coefficient (Wildman–Crippen LogP) is 3.71. The number of nitrogens with zero attached hydrogens (tertiary/aromatic N) is 1. The molecule has 0 aliphatic rings. The Balaban J connectivity index is 1.66. The van der Waals surface area contributed by atoms with Gasteiger partial charge in [-0.15, -0.1) is 0 Å². The Kier molecular flexibility index (Phi) is 4.11. The van der Waals surface area contributed by atoms with E-state index >= 15 is 0 Å². The van der Waals surface area contributed by atoms with Crippen LogP contribution in [-0.4, -0.2) is 12.1 Å². The molecule has 0 spiro atoms. The van der Waals surface area contributed by atoms with Crippen LogP contribution in [0.1, 0.15) is 16.1 Å². The third-order valence-corrected chi connectivity index (χ3v) is 3.16. The molecule has 3 rings (SSSR count). The maximum absolute atomic E-state index is 12.0. The molecule has 0 aliphatic carbocycles. The zero-order chi connectivity index (χ0) is 15.2. The van der Waals surface area contributed by atoms with Gasteiger partial charge in [0.15, 0.2) is 0 Å². The van der Waals surface area contributed by atoms with Gasteiger partial charge in [-0.25, -0.2) is 5.43 Å². The van der Waals surface area contributed by atoms with E-state index < -0.39 is 0 Å². The van der Waals surface area contributed by atoms with Crippen molar-refractivity contribution in [2.75, 3.05) is 0 Å². The Labute approximate surface area is 128 Å². The van der Waals surface area contributed by atoms with Crippen molar-refractivity contribution in [3.8, 4) is 11.1 Å². The monoisotopic (exact) mass is 290 g/mol. The minimum Gasteiger partial charge on any atom is -0.463 e. The summed E-state index contributed by atoms with van der Waals surface area (Å²) < 4.78 is 5.09. The Morgan fingerprint density at radius 1 is 0.909 bits per heavy atom. The first-order valence-corrected chi connectivity index (χ1v) is 6.85. The number of furan rings is 1. The summed E-state index contributed by atoms with van der Waals surface area (Å²) in [5.41, 5.74) is 5.20. The first kappa shape index (κ1) is 13.8. The van der Waals surface area contributed by atoms with Crippen molar-refractivity contribution in [1.29, 1.82) is 0 Å². The van der Waals surface area contributed by atoms with Gasteiger partial charge in [-0.05, 0) is 35.4 Å². The molecule has 0 atom stereocenters. The van der Waals surface area contributed by atoms with E-state index in [0.717, 1.165) is 11.1 Å². The summed E-state index contributed by atoms with van der Waals surface area (Å²) in [4.78, 5) is 12.0. The highest BCUT2D eigenvalue weighted by atomic mass is 16.3. The van der Waals surface area contributed by atoms with E-state index in [2.05, 4.69) is 10.5 Å². The first-order chi connectivity index (χ1) is 10.8. The van der Waals surface area contributed by atoms with Crippen molar-refractivity contribution in [3.63, 3.8) is 0 Å². The lowest BCUT2D eigenvalue weighted by Gasteiger charge is -2.03.